The number of hydrogen-bond donors (Lipinski definition) is 1. The Morgan fingerprint density at radius 2 is 1.85 bits per heavy atom. The predicted octanol–water partition coefficient (Wildman–Crippen LogP) is 1.73. The van der Waals surface area contributed by atoms with Crippen molar-refractivity contribution in [3.63, 3.8) is 0 Å². The summed E-state index contributed by atoms with van der Waals surface area (Å²) in [4.78, 5) is 2.57. The predicted molar refractivity (Wildman–Crippen MR) is 60.3 cm³/mol. The van der Waals surface area contributed by atoms with Gasteiger partial charge in [-0.25, -0.2) is 0 Å². The van der Waals surface area contributed by atoms with Gasteiger partial charge in [0.15, 0.2) is 0 Å². The standard InChI is InChI=1S/C10H22N2.ClH/c1-9(2)8-12-5-3-10(7-11)4-6-12;/h9-10H,3-8,11H2,1-2H3;1H. The van der Waals surface area contributed by atoms with Gasteiger partial charge in [-0.1, -0.05) is 13.8 Å². The maximum absolute atomic E-state index is 5.63. The van der Waals surface area contributed by atoms with Crippen LogP contribution in [0.25, 0.3) is 0 Å². The Morgan fingerprint density at radius 1 is 1.31 bits per heavy atom. The molecule has 1 fully saturated rings. The maximum atomic E-state index is 5.63. The van der Waals surface area contributed by atoms with Gasteiger partial charge in [-0.3, -0.25) is 0 Å². The van der Waals surface area contributed by atoms with Crippen LogP contribution in [-0.4, -0.2) is 31.1 Å². The molecule has 2 N–H and O–H groups in total. The summed E-state index contributed by atoms with van der Waals surface area (Å²) in [5, 5.41) is 0. The zero-order valence-electron chi connectivity index (χ0n) is 8.83. The largest absolute Gasteiger partial charge is 0.330 e. The van der Waals surface area contributed by atoms with Gasteiger partial charge in [-0.15, -0.1) is 12.4 Å². The van der Waals surface area contributed by atoms with E-state index in [1.165, 1.54) is 32.5 Å². The van der Waals surface area contributed by atoms with Gasteiger partial charge in [0, 0.05) is 6.54 Å². The molecular weight excluding hydrogens is 184 g/mol. The molecule has 0 spiro atoms. The molecule has 0 bridgehead atoms. The second kappa shape index (κ2) is 6.63. The minimum atomic E-state index is 0. The lowest BCUT2D eigenvalue weighted by atomic mass is 9.96. The van der Waals surface area contributed by atoms with Crippen LogP contribution in [0, 0.1) is 11.8 Å². The highest BCUT2D eigenvalue weighted by Crippen LogP contribution is 2.16. The molecule has 0 saturated carbocycles. The van der Waals surface area contributed by atoms with Gasteiger partial charge >= 0.3 is 0 Å². The second-order valence-electron chi connectivity index (χ2n) is 4.37. The third-order valence-corrected chi connectivity index (χ3v) is 2.66. The molecule has 0 aromatic heterocycles. The van der Waals surface area contributed by atoms with Crippen LogP contribution in [0.15, 0.2) is 0 Å². The fraction of sp³-hybridized carbons (Fsp3) is 1.00. The van der Waals surface area contributed by atoms with Crippen molar-refractivity contribution in [2.24, 2.45) is 17.6 Å². The SMILES string of the molecule is CC(C)CN1CCC(CN)CC1.Cl. The topological polar surface area (TPSA) is 29.3 Å². The molecule has 1 saturated heterocycles. The van der Waals surface area contributed by atoms with Crippen molar-refractivity contribution in [2.45, 2.75) is 26.7 Å². The molecule has 0 unspecified atom stereocenters. The van der Waals surface area contributed by atoms with Crippen molar-refractivity contribution < 1.29 is 0 Å². The highest BCUT2D eigenvalue weighted by Gasteiger charge is 2.17. The summed E-state index contributed by atoms with van der Waals surface area (Å²) in [5.41, 5.74) is 5.63. The minimum Gasteiger partial charge on any atom is -0.330 e. The quantitative estimate of drug-likeness (QED) is 0.763. The molecule has 1 aliphatic rings. The lowest BCUT2D eigenvalue weighted by Gasteiger charge is -2.32. The molecule has 0 aromatic rings. The number of hydrogen-bond acceptors (Lipinski definition) is 2. The Hall–Kier alpha value is 0.210. The van der Waals surface area contributed by atoms with Crippen molar-refractivity contribution in [3.8, 4) is 0 Å². The van der Waals surface area contributed by atoms with Gasteiger partial charge in [-0.05, 0) is 44.3 Å². The van der Waals surface area contributed by atoms with Gasteiger partial charge < -0.3 is 10.6 Å². The maximum Gasteiger partial charge on any atom is 0.000439 e. The van der Waals surface area contributed by atoms with E-state index in [2.05, 4.69) is 18.7 Å². The molecule has 1 heterocycles. The molecule has 80 valence electrons. The average molecular weight is 207 g/mol. The van der Waals surface area contributed by atoms with E-state index in [1.807, 2.05) is 0 Å². The summed E-state index contributed by atoms with van der Waals surface area (Å²) in [6, 6.07) is 0. The van der Waals surface area contributed by atoms with Gasteiger partial charge in [0.2, 0.25) is 0 Å². The van der Waals surface area contributed by atoms with Crippen molar-refractivity contribution >= 4 is 12.4 Å². The molecule has 1 rings (SSSR count). The van der Waals surface area contributed by atoms with Crippen molar-refractivity contribution in [2.75, 3.05) is 26.2 Å². The van der Waals surface area contributed by atoms with Crippen LogP contribution in [0.2, 0.25) is 0 Å². The van der Waals surface area contributed by atoms with E-state index >= 15 is 0 Å². The first kappa shape index (κ1) is 13.2. The van der Waals surface area contributed by atoms with E-state index in [4.69, 9.17) is 5.73 Å². The first-order valence-electron chi connectivity index (χ1n) is 5.14. The van der Waals surface area contributed by atoms with E-state index in [0.29, 0.717) is 0 Å². The summed E-state index contributed by atoms with van der Waals surface area (Å²) < 4.78 is 0. The zero-order valence-corrected chi connectivity index (χ0v) is 9.65. The Bertz CT molecular complexity index is 120. The Morgan fingerprint density at radius 3 is 2.23 bits per heavy atom. The van der Waals surface area contributed by atoms with Crippen LogP contribution in [0.4, 0.5) is 0 Å². The smallest absolute Gasteiger partial charge is 0.000439 e. The normalized spacial score (nSPS) is 20.3. The average Bonchev–Trinajstić information content (AvgIpc) is 2.05. The van der Waals surface area contributed by atoms with Crippen LogP contribution in [0.3, 0.4) is 0 Å². The number of piperidine rings is 1. The third kappa shape index (κ3) is 4.84. The van der Waals surface area contributed by atoms with Crippen LogP contribution < -0.4 is 5.73 Å². The first-order chi connectivity index (χ1) is 5.72. The Balaban J connectivity index is 0.00000144. The van der Waals surface area contributed by atoms with Crippen molar-refractivity contribution in [3.05, 3.63) is 0 Å². The highest BCUT2D eigenvalue weighted by atomic mass is 35.5. The van der Waals surface area contributed by atoms with Crippen LogP contribution in [0.5, 0.6) is 0 Å². The van der Waals surface area contributed by atoms with Gasteiger partial charge in [0.05, 0.1) is 0 Å². The summed E-state index contributed by atoms with van der Waals surface area (Å²) in [6.07, 6.45) is 2.62. The molecule has 0 atom stereocenters. The summed E-state index contributed by atoms with van der Waals surface area (Å²) in [7, 11) is 0. The van der Waals surface area contributed by atoms with Crippen LogP contribution in [-0.2, 0) is 0 Å². The number of likely N-dealkylation sites (tertiary alicyclic amines) is 1. The Kier molecular flexibility index (Phi) is 6.74. The van der Waals surface area contributed by atoms with Gasteiger partial charge in [0.1, 0.15) is 0 Å². The minimum absolute atomic E-state index is 0. The van der Waals surface area contributed by atoms with E-state index in [-0.39, 0.29) is 12.4 Å². The fourth-order valence-electron chi connectivity index (χ4n) is 1.92. The molecular formula is C10H23ClN2. The summed E-state index contributed by atoms with van der Waals surface area (Å²) >= 11 is 0. The summed E-state index contributed by atoms with van der Waals surface area (Å²) in [6.45, 7) is 9.25. The molecule has 1 aliphatic heterocycles. The lowest BCUT2D eigenvalue weighted by Crippen LogP contribution is -2.37. The number of nitrogens with two attached hydrogens (primary N) is 1. The van der Waals surface area contributed by atoms with Gasteiger partial charge in [-0.2, -0.15) is 0 Å². The molecule has 0 amide bonds. The van der Waals surface area contributed by atoms with Crippen LogP contribution >= 0.6 is 12.4 Å². The molecule has 0 aliphatic carbocycles. The van der Waals surface area contributed by atoms with Crippen LogP contribution in [0.1, 0.15) is 26.7 Å². The van der Waals surface area contributed by atoms with Crippen molar-refractivity contribution in [1.29, 1.82) is 0 Å². The number of nitrogens with zero attached hydrogens (tertiary/aromatic N) is 1. The summed E-state index contributed by atoms with van der Waals surface area (Å²) in [5.74, 6) is 1.60. The van der Waals surface area contributed by atoms with E-state index in [1.54, 1.807) is 0 Å². The van der Waals surface area contributed by atoms with Crippen molar-refractivity contribution in [1.82, 2.24) is 4.90 Å². The highest BCUT2D eigenvalue weighted by molar-refractivity contribution is 5.85. The third-order valence-electron chi connectivity index (χ3n) is 2.66. The second-order valence-corrected chi connectivity index (χ2v) is 4.37. The monoisotopic (exact) mass is 206 g/mol. The fourth-order valence-corrected chi connectivity index (χ4v) is 1.92. The number of rotatable bonds is 3. The zero-order chi connectivity index (χ0) is 8.97. The first-order valence-corrected chi connectivity index (χ1v) is 5.14. The molecule has 3 heteroatoms. The van der Waals surface area contributed by atoms with E-state index in [0.717, 1.165) is 18.4 Å². The molecule has 0 radical (unpaired) electrons. The van der Waals surface area contributed by atoms with E-state index in [9.17, 15) is 0 Å². The molecule has 13 heavy (non-hydrogen) atoms. The number of halogens is 1. The van der Waals surface area contributed by atoms with Gasteiger partial charge in [0.25, 0.3) is 0 Å². The molecule has 2 nitrogen and oxygen atoms in total. The molecule has 0 aromatic carbocycles. The van der Waals surface area contributed by atoms with E-state index < -0.39 is 0 Å². The Labute approximate surface area is 88.3 Å². The lowest BCUT2D eigenvalue weighted by molar-refractivity contribution is 0.171.